The van der Waals surface area contributed by atoms with E-state index in [1.54, 1.807) is 12.1 Å². The van der Waals surface area contributed by atoms with Crippen LogP contribution in [0, 0.1) is 0 Å². The standard InChI is InChI=1S/C39H24N4O/c1-3-13-25(14-4-1)37-40-38(26-15-5-2-6-16-26)42-39(41-37)29-19-11-23-33-35(29)36-32(22-12-24-34(36)44-33)43-30-20-9-7-17-27(30)28-18-8-10-21-31(28)43/h1-24H/i7D,8D,20D,21D. The minimum Gasteiger partial charge on any atom is -0.456 e. The molecule has 0 atom stereocenters. The summed E-state index contributed by atoms with van der Waals surface area (Å²) in [6.45, 7) is 0. The van der Waals surface area contributed by atoms with Crippen molar-refractivity contribution in [3.8, 4) is 39.9 Å². The van der Waals surface area contributed by atoms with Gasteiger partial charge in [0.1, 0.15) is 11.2 Å². The Morgan fingerprint density at radius 3 is 1.66 bits per heavy atom. The molecule has 0 fully saturated rings. The smallest absolute Gasteiger partial charge is 0.164 e. The van der Waals surface area contributed by atoms with E-state index in [-0.39, 0.29) is 24.2 Å². The van der Waals surface area contributed by atoms with Crippen LogP contribution in [-0.4, -0.2) is 19.5 Å². The third-order valence-electron chi connectivity index (χ3n) is 7.97. The van der Waals surface area contributed by atoms with Crippen LogP contribution >= 0.6 is 0 Å². The SMILES string of the molecule is [2H]c1cc([2H])c2c(c1)c1cc([2H])cc([2H])c1n2-c1cccc2oc3cccc(-c4nc(-c5ccccc5)nc(-c5ccccc5)n4)c3c12. The van der Waals surface area contributed by atoms with Gasteiger partial charge in [-0.15, -0.1) is 0 Å². The van der Waals surface area contributed by atoms with Gasteiger partial charge in [-0.1, -0.05) is 115 Å². The summed E-state index contributed by atoms with van der Waals surface area (Å²) < 4.78 is 43.0. The quantitative estimate of drug-likeness (QED) is 0.212. The Morgan fingerprint density at radius 1 is 0.500 bits per heavy atom. The van der Waals surface area contributed by atoms with Crippen LogP contribution in [0.15, 0.2) is 150 Å². The molecule has 3 heterocycles. The molecule has 5 nitrogen and oxygen atoms in total. The first kappa shape index (κ1) is 20.8. The van der Waals surface area contributed by atoms with E-state index in [9.17, 15) is 0 Å². The number of para-hydroxylation sites is 2. The topological polar surface area (TPSA) is 56.7 Å². The molecule has 0 amide bonds. The van der Waals surface area contributed by atoms with Gasteiger partial charge in [0.05, 0.1) is 27.6 Å². The lowest BCUT2D eigenvalue weighted by Crippen LogP contribution is -2.00. The van der Waals surface area contributed by atoms with E-state index < -0.39 is 0 Å². The zero-order valence-corrected chi connectivity index (χ0v) is 23.2. The van der Waals surface area contributed by atoms with Crippen LogP contribution in [-0.2, 0) is 0 Å². The highest BCUT2D eigenvalue weighted by Crippen LogP contribution is 2.41. The molecule has 0 saturated heterocycles. The van der Waals surface area contributed by atoms with Gasteiger partial charge in [0.25, 0.3) is 0 Å². The van der Waals surface area contributed by atoms with Crippen molar-refractivity contribution in [3.63, 3.8) is 0 Å². The Bertz CT molecular complexity index is 2600. The number of aromatic nitrogens is 4. The van der Waals surface area contributed by atoms with Crippen molar-refractivity contribution in [1.29, 1.82) is 0 Å². The van der Waals surface area contributed by atoms with Gasteiger partial charge in [-0.05, 0) is 30.3 Å². The van der Waals surface area contributed by atoms with Gasteiger partial charge < -0.3 is 8.98 Å². The molecule has 44 heavy (non-hydrogen) atoms. The molecule has 0 N–H and O–H groups in total. The highest BCUT2D eigenvalue weighted by atomic mass is 16.3. The summed E-state index contributed by atoms with van der Waals surface area (Å²) in [6.07, 6.45) is 0. The van der Waals surface area contributed by atoms with Gasteiger partial charge in [-0.2, -0.15) is 0 Å². The van der Waals surface area contributed by atoms with Gasteiger partial charge >= 0.3 is 0 Å². The molecule has 0 spiro atoms. The molecule has 0 unspecified atom stereocenters. The first-order valence-corrected chi connectivity index (χ1v) is 14.3. The fourth-order valence-corrected chi connectivity index (χ4v) is 6.05. The Labute approximate surface area is 258 Å². The van der Waals surface area contributed by atoms with E-state index in [1.807, 2.05) is 102 Å². The van der Waals surface area contributed by atoms with Crippen molar-refractivity contribution in [2.75, 3.05) is 0 Å². The molecule has 0 aliphatic heterocycles. The number of fused-ring (bicyclic) bond motifs is 6. The zero-order chi connectivity index (χ0) is 32.5. The van der Waals surface area contributed by atoms with Crippen LogP contribution in [0.3, 0.4) is 0 Å². The largest absolute Gasteiger partial charge is 0.456 e. The first-order chi connectivity index (χ1) is 23.4. The van der Waals surface area contributed by atoms with E-state index in [2.05, 4.69) is 0 Å². The lowest BCUT2D eigenvalue weighted by molar-refractivity contribution is 0.669. The van der Waals surface area contributed by atoms with Crippen molar-refractivity contribution >= 4 is 43.7 Å². The Hall–Kier alpha value is -6.07. The fraction of sp³-hybridized carbons (Fsp3) is 0. The van der Waals surface area contributed by atoms with Gasteiger partial charge in [0, 0.05) is 32.8 Å². The minimum absolute atomic E-state index is 0.155. The van der Waals surface area contributed by atoms with Crippen molar-refractivity contribution in [3.05, 3.63) is 145 Å². The summed E-state index contributed by atoms with van der Waals surface area (Å²) in [5.74, 6) is 1.57. The van der Waals surface area contributed by atoms with Crippen LogP contribution < -0.4 is 0 Å². The third-order valence-corrected chi connectivity index (χ3v) is 7.97. The second-order valence-corrected chi connectivity index (χ2v) is 10.5. The van der Waals surface area contributed by atoms with E-state index in [0.717, 1.165) is 27.5 Å². The van der Waals surface area contributed by atoms with E-state index >= 15 is 0 Å². The maximum absolute atomic E-state index is 8.97. The highest BCUT2D eigenvalue weighted by Gasteiger charge is 2.21. The van der Waals surface area contributed by atoms with E-state index in [0.29, 0.717) is 56.1 Å². The molecule has 5 heteroatoms. The second-order valence-electron chi connectivity index (χ2n) is 10.5. The van der Waals surface area contributed by atoms with Crippen molar-refractivity contribution in [2.45, 2.75) is 0 Å². The minimum atomic E-state index is 0.155. The summed E-state index contributed by atoms with van der Waals surface area (Å²) in [5, 5.41) is 2.85. The van der Waals surface area contributed by atoms with Gasteiger partial charge in [-0.3, -0.25) is 0 Å². The monoisotopic (exact) mass is 568 g/mol. The molecule has 6 aromatic carbocycles. The van der Waals surface area contributed by atoms with Crippen molar-refractivity contribution in [2.24, 2.45) is 0 Å². The normalized spacial score (nSPS) is 12.9. The highest BCUT2D eigenvalue weighted by molar-refractivity contribution is 6.17. The van der Waals surface area contributed by atoms with Gasteiger partial charge in [0.15, 0.2) is 17.5 Å². The van der Waals surface area contributed by atoms with E-state index in [4.69, 9.17) is 24.9 Å². The molecule has 9 aromatic rings. The first-order valence-electron chi connectivity index (χ1n) is 16.3. The summed E-state index contributed by atoms with van der Waals surface area (Å²) in [4.78, 5) is 14.9. The van der Waals surface area contributed by atoms with Crippen LogP contribution in [0.4, 0.5) is 0 Å². The number of hydrogen-bond donors (Lipinski definition) is 0. The summed E-state index contributed by atoms with van der Waals surface area (Å²) >= 11 is 0. The van der Waals surface area contributed by atoms with Crippen LogP contribution in [0.1, 0.15) is 5.48 Å². The lowest BCUT2D eigenvalue weighted by Gasteiger charge is -2.11. The average Bonchev–Trinajstić information content (AvgIpc) is 3.65. The molecule has 0 bridgehead atoms. The molecule has 0 aliphatic rings. The number of nitrogens with zero attached hydrogens (tertiary/aromatic N) is 4. The zero-order valence-electron chi connectivity index (χ0n) is 27.2. The van der Waals surface area contributed by atoms with Gasteiger partial charge in [-0.25, -0.2) is 15.0 Å². The summed E-state index contributed by atoms with van der Waals surface area (Å²) in [6, 6.07) is 38.3. The Balaban J connectivity index is 1.40. The second kappa shape index (κ2) is 9.75. The predicted octanol–water partition coefficient (Wildman–Crippen LogP) is 9.87. The summed E-state index contributed by atoms with van der Waals surface area (Å²) in [7, 11) is 0. The summed E-state index contributed by atoms with van der Waals surface area (Å²) in [5.41, 5.74) is 5.54. The molecule has 206 valence electrons. The van der Waals surface area contributed by atoms with E-state index in [1.165, 1.54) is 12.1 Å². The molecular formula is C39H24N4O. The number of rotatable bonds is 4. The van der Waals surface area contributed by atoms with Crippen LogP contribution in [0.25, 0.3) is 83.6 Å². The molecular weight excluding hydrogens is 540 g/mol. The number of benzene rings is 6. The molecule has 0 aliphatic carbocycles. The Kier molecular flexibility index (Phi) is 4.60. The van der Waals surface area contributed by atoms with Crippen molar-refractivity contribution < 1.29 is 9.90 Å². The number of hydrogen-bond acceptors (Lipinski definition) is 4. The third kappa shape index (κ3) is 3.76. The lowest BCUT2D eigenvalue weighted by atomic mass is 10.0. The molecule has 3 aromatic heterocycles. The maximum Gasteiger partial charge on any atom is 0.164 e. The fourth-order valence-electron chi connectivity index (χ4n) is 6.05. The molecule has 9 rings (SSSR count). The van der Waals surface area contributed by atoms with Crippen LogP contribution in [0.2, 0.25) is 0 Å². The average molecular weight is 569 g/mol. The predicted molar refractivity (Wildman–Crippen MR) is 178 cm³/mol. The van der Waals surface area contributed by atoms with Crippen molar-refractivity contribution in [1.82, 2.24) is 19.5 Å². The molecule has 0 saturated carbocycles. The molecule has 0 radical (unpaired) electrons. The number of furan rings is 1. The maximum atomic E-state index is 8.97. The van der Waals surface area contributed by atoms with Gasteiger partial charge in [0.2, 0.25) is 0 Å². The van der Waals surface area contributed by atoms with Crippen LogP contribution in [0.5, 0.6) is 0 Å². The Morgan fingerprint density at radius 2 is 1.05 bits per heavy atom.